The van der Waals surface area contributed by atoms with Crippen LogP contribution in [0.3, 0.4) is 0 Å². The summed E-state index contributed by atoms with van der Waals surface area (Å²) in [6.07, 6.45) is 0.942. The molecular formula is C18H42O6Si4. The number of hydrogen-bond acceptors (Lipinski definition) is 6. The molecule has 0 bridgehead atoms. The van der Waals surface area contributed by atoms with E-state index in [0.29, 0.717) is 18.8 Å². The molecule has 0 rings (SSSR count). The third kappa shape index (κ3) is 14.0. The SMILES string of the molecule is CCCOCCOC(=O)C(C)=C[Si](O[Si](C)(C)C)(O[Si](C)(C)C)O[Si](C)(C)C. The van der Waals surface area contributed by atoms with E-state index in [0.717, 1.165) is 6.42 Å². The normalized spacial score (nSPS) is 14.3. The maximum absolute atomic E-state index is 12.5. The van der Waals surface area contributed by atoms with Crippen LogP contribution < -0.4 is 0 Å². The van der Waals surface area contributed by atoms with Crippen molar-refractivity contribution in [2.75, 3.05) is 19.8 Å². The molecule has 0 fully saturated rings. The van der Waals surface area contributed by atoms with Gasteiger partial charge in [0.2, 0.25) is 0 Å². The summed E-state index contributed by atoms with van der Waals surface area (Å²) in [6.45, 7) is 24.1. The molecule has 0 saturated carbocycles. The molecule has 0 aromatic heterocycles. The Morgan fingerprint density at radius 3 is 1.54 bits per heavy atom. The Morgan fingerprint density at radius 1 is 0.750 bits per heavy atom. The fourth-order valence-corrected chi connectivity index (χ4v) is 15.5. The van der Waals surface area contributed by atoms with Gasteiger partial charge >= 0.3 is 14.8 Å². The van der Waals surface area contributed by atoms with Crippen LogP contribution in [0.2, 0.25) is 58.9 Å². The lowest BCUT2D eigenvalue weighted by atomic mass is 10.4. The minimum Gasteiger partial charge on any atom is -0.460 e. The molecule has 0 amide bonds. The first-order valence-corrected chi connectivity index (χ1v) is 22.1. The second kappa shape index (κ2) is 11.3. The highest BCUT2D eigenvalue weighted by Gasteiger charge is 2.49. The van der Waals surface area contributed by atoms with Crippen LogP contribution in [0.15, 0.2) is 11.3 Å². The van der Waals surface area contributed by atoms with Crippen LogP contribution in [0, 0.1) is 0 Å². The first-order chi connectivity index (χ1) is 12.5. The molecule has 0 aromatic carbocycles. The first kappa shape index (κ1) is 27.9. The maximum Gasteiger partial charge on any atom is 0.498 e. The molecule has 0 radical (unpaired) electrons. The molecule has 10 heteroatoms. The minimum absolute atomic E-state index is 0.233. The fourth-order valence-electron chi connectivity index (χ4n) is 2.31. The van der Waals surface area contributed by atoms with Crippen molar-refractivity contribution in [3.8, 4) is 0 Å². The number of rotatable bonds is 13. The number of carbonyl (C=O) groups is 1. The van der Waals surface area contributed by atoms with Crippen LogP contribution in [0.5, 0.6) is 0 Å². The molecule has 0 aliphatic carbocycles. The number of carbonyl (C=O) groups excluding carboxylic acids is 1. The Hall–Kier alpha value is -0.0825. The first-order valence-electron chi connectivity index (χ1n) is 10.0. The Balaban J connectivity index is 5.66. The van der Waals surface area contributed by atoms with Gasteiger partial charge in [0.1, 0.15) is 6.61 Å². The quantitative estimate of drug-likeness (QED) is 0.166. The summed E-state index contributed by atoms with van der Waals surface area (Å²) in [7, 11) is -9.18. The highest BCUT2D eigenvalue weighted by Crippen LogP contribution is 2.27. The van der Waals surface area contributed by atoms with Gasteiger partial charge in [-0.15, -0.1) is 0 Å². The molecule has 28 heavy (non-hydrogen) atoms. The smallest absolute Gasteiger partial charge is 0.460 e. The van der Waals surface area contributed by atoms with Gasteiger partial charge in [0.25, 0.3) is 0 Å². The lowest BCUT2D eigenvalue weighted by Crippen LogP contribution is -2.59. The molecule has 0 unspecified atom stereocenters. The minimum atomic E-state index is -3.20. The van der Waals surface area contributed by atoms with Crippen LogP contribution in [0.25, 0.3) is 0 Å². The Morgan fingerprint density at radius 2 is 1.18 bits per heavy atom. The van der Waals surface area contributed by atoms with Gasteiger partial charge in [0.05, 0.1) is 6.61 Å². The Kier molecular flexibility index (Phi) is 11.3. The van der Waals surface area contributed by atoms with E-state index >= 15 is 0 Å². The predicted octanol–water partition coefficient (Wildman–Crippen LogP) is 4.94. The second-order valence-corrected chi connectivity index (χ2v) is 26.4. The molecule has 0 aromatic rings. The zero-order valence-electron chi connectivity index (χ0n) is 19.9. The van der Waals surface area contributed by atoms with Crippen LogP contribution in [-0.4, -0.2) is 59.5 Å². The van der Waals surface area contributed by atoms with Crippen molar-refractivity contribution in [1.82, 2.24) is 0 Å². The van der Waals surface area contributed by atoms with E-state index in [4.69, 9.17) is 21.8 Å². The highest BCUT2D eigenvalue weighted by atomic mass is 28.5. The van der Waals surface area contributed by atoms with Crippen molar-refractivity contribution in [2.45, 2.75) is 79.2 Å². The average Bonchev–Trinajstić information content (AvgIpc) is 2.40. The summed E-state index contributed by atoms with van der Waals surface area (Å²) in [6, 6.07) is 0. The van der Waals surface area contributed by atoms with E-state index in [-0.39, 0.29) is 12.6 Å². The molecule has 6 nitrogen and oxygen atoms in total. The van der Waals surface area contributed by atoms with Crippen LogP contribution >= 0.6 is 0 Å². The number of hydrogen-bond donors (Lipinski definition) is 0. The van der Waals surface area contributed by atoms with Crippen molar-refractivity contribution in [1.29, 1.82) is 0 Å². The molecule has 0 aliphatic rings. The third-order valence-electron chi connectivity index (χ3n) is 2.87. The van der Waals surface area contributed by atoms with Crippen molar-refractivity contribution in [2.24, 2.45) is 0 Å². The van der Waals surface area contributed by atoms with Gasteiger partial charge < -0.3 is 21.8 Å². The zero-order chi connectivity index (χ0) is 22.2. The van der Waals surface area contributed by atoms with Crippen molar-refractivity contribution < 1.29 is 26.6 Å². The van der Waals surface area contributed by atoms with Crippen LogP contribution in [0.4, 0.5) is 0 Å². The topological polar surface area (TPSA) is 63.2 Å². The van der Waals surface area contributed by atoms with E-state index in [1.165, 1.54) is 0 Å². The van der Waals surface area contributed by atoms with E-state index in [2.05, 4.69) is 58.9 Å². The molecular weight excluding hydrogens is 425 g/mol. The standard InChI is InChI=1S/C18H42O6Si4/c1-12-13-20-14-15-21-18(19)17(2)16-28(22-25(3,4)5,23-26(6,7)8)24-27(9,10)11/h16H,12-15H2,1-11H3. The molecule has 166 valence electrons. The van der Waals surface area contributed by atoms with Crippen LogP contribution in [0.1, 0.15) is 20.3 Å². The molecule has 0 heterocycles. The predicted molar refractivity (Wildman–Crippen MR) is 125 cm³/mol. The van der Waals surface area contributed by atoms with E-state index in [9.17, 15) is 4.79 Å². The molecule has 0 atom stereocenters. The van der Waals surface area contributed by atoms with Gasteiger partial charge in [0, 0.05) is 12.2 Å². The van der Waals surface area contributed by atoms with Gasteiger partial charge in [-0.2, -0.15) is 0 Å². The van der Waals surface area contributed by atoms with Gasteiger partial charge in [-0.05, 0) is 78.0 Å². The summed E-state index contributed by atoms with van der Waals surface area (Å²) in [5, 5.41) is 0. The molecule has 0 saturated heterocycles. The summed E-state index contributed by atoms with van der Waals surface area (Å²) >= 11 is 0. The summed E-state index contributed by atoms with van der Waals surface area (Å²) in [5.74, 6) is -0.380. The monoisotopic (exact) mass is 466 g/mol. The number of esters is 1. The largest absolute Gasteiger partial charge is 0.498 e. The van der Waals surface area contributed by atoms with Crippen molar-refractivity contribution >= 4 is 39.7 Å². The summed E-state index contributed by atoms with van der Waals surface area (Å²) in [4.78, 5) is 12.5. The summed E-state index contributed by atoms with van der Waals surface area (Å²) < 4.78 is 30.4. The maximum atomic E-state index is 12.5. The average molecular weight is 467 g/mol. The third-order valence-corrected chi connectivity index (χ3v) is 14.4. The van der Waals surface area contributed by atoms with Crippen molar-refractivity contribution in [3.05, 3.63) is 11.3 Å². The lowest BCUT2D eigenvalue weighted by Gasteiger charge is -2.41. The van der Waals surface area contributed by atoms with E-state index in [1.807, 2.05) is 6.92 Å². The lowest BCUT2D eigenvalue weighted by molar-refractivity contribution is -0.140. The summed E-state index contributed by atoms with van der Waals surface area (Å²) in [5.41, 5.74) is 2.27. The van der Waals surface area contributed by atoms with E-state index < -0.39 is 33.8 Å². The van der Waals surface area contributed by atoms with Crippen LogP contribution in [-0.2, 0) is 26.6 Å². The van der Waals surface area contributed by atoms with Gasteiger partial charge in [-0.25, -0.2) is 4.79 Å². The van der Waals surface area contributed by atoms with Gasteiger partial charge in [0.15, 0.2) is 25.0 Å². The highest BCUT2D eigenvalue weighted by molar-refractivity contribution is 6.92. The Labute approximate surface area is 176 Å². The molecule has 0 N–H and O–H groups in total. The molecule has 0 spiro atoms. The Bertz CT molecular complexity index is 477. The fraction of sp³-hybridized carbons (Fsp3) is 0.833. The van der Waals surface area contributed by atoms with E-state index in [1.54, 1.807) is 12.6 Å². The molecule has 0 aliphatic heterocycles. The zero-order valence-corrected chi connectivity index (χ0v) is 23.9. The number of ether oxygens (including phenoxy) is 2. The second-order valence-electron chi connectivity index (χ2n) is 9.82. The van der Waals surface area contributed by atoms with Gasteiger partial charge in [-0.1, -0.05) is 6.92 Å². The van der Waals surface area contributed by atoms with Crippen molar-refractivity contribution in [3.63, 3.8) is 0 Å². The van der Waals surface area contributed by atoms with Gasteiger partial charge in [-0.3, -0.25) is 0 Å².